The molecular weight excluding hydrogens is 413 g/mol. The number of carbonyl (C=O) groups is 1. The zero-order valence-electron chi connectivity index (χ0n) is 15.4. The zero-order chi connectivity index (χ0) is 21.6. The molecule has 0 saturated heterocycles. The normalized spacial score (nSPS) is 13.3. The summed E-state index contributed by atoms with van der Waals surface area (Å²) in [6, 6.07) is 8.57. The number of alkyl halides is 3. The molecule has 0 aromatic heterocycles. The fraction of sp³-hybridized carbons (Fsp3) is 0.278. The Morgan fingerprint density at radius 2 is 1.79 bits per heavy atom. The van der Waals surface area contributed by atoms with Gasteiger partial charge in [0.15, 0.2) is 10.8 Å². The van der Waals surface area contributed by atoms with Gasteiger partial charge in [0, 0.05) is 22.7 Å². The number of amides is 2. The molecular formula is C18H19F3N2O5S. The van der Waals surface area contributed by atoms with Crippen LogP contribution in [0.3, 0.4) is 0 Å². The highest BCUT2D eigenvalue weighted by Crippen LogP contribution is 2.29. The molecule has 0 aliphatic carbocycles. The minimum atomic E-state index is -4.86. The second kappa shape index (κ2) is 9.61. The third-order valence-corrected chi connectivity index (χ3v) is 4.91. The molecule has 3 N–H and O–H groups in total. The number of aliphatic hydroxyl groups is 1. The Hall–Kier alpha value is -2.79. The van der Waals surface area contributed by atoms with Gasteiger partial charge in [0.25, 0.3) is 0 Å². The van der Waals surface area contributed by atoms with Gasteiger partial charge < -0.3 is 25.2 Å². The monoisotopic (exact) mass is 432 g/mol. The molecule has 11 heteroatoms. The van der Waals surface area contributed by atoms with Crippen LogP contribution in [0.4, 0.5) is 23.7 Å². The van der Waals surface area contributed by atoms with Gasteiger partial charge in [0.05, 0.1) is 14.2 Å². The highest BCUT2D eigenvalue weighted by molar-refractivity contribution is 7.86. The van der Waals surface area contributed by atoms with E-state index in [-0.39, 0.29) is 12.2 Å². The summed E-state index contributed by atoms with van der Waals surface area (Å²) in [5, 5.41) is 15.2. The molecule has 2 atom stereocenters. The van der Waals surface area contributed by atoms with Gasteiger partial charge in [-0.15, -0.1) is 0 Å². The number of rotatable bonds is 7. The Kier molecular flexibility index (Phi) is 7.46. The Morgan fingerprint density at radius 3 is 2.34 bits per heavy atom. The van der Waals surface area contributed by atoms with E-state index in [1.807, 2.05) is 0 Å². The summed E-state index contributed by atoms with van der Waals surface area (Å²) in [5.41, 5.74) is -4.26. The van der Waals surface area contributed by atoms with E-state index in [9.17, 15) is 27.3 Å². The van der Waals surface area contributed by atoms with E-state index in [0.29, 0.717) is 17.1 Å². The molecule has 29 heavy (non-hydrogen) atoms. The summed E-state index contributed by atoms with van der Waals surface area (Å²) in [6.45, 7) is -0.161. The third-order valence-electron chi connectivity index (χ3n) is 3.79. The lowest BCUT2D eigenvalue weighted by Crippen LogP contribution is -2.32. The van der Waals surface area contributed by atoms with Crippen LogP contribution < -0.4 is 20.1 Å². The number of ether oxygens (including phenoxy) is 2. The molecule has 0 heterocycles. The summed E-state index contributed by atoms with van der Waals surface area (Å²) in [7, 11) is -0.233. The van der Waals surface area contributed by atoms with Gasteiger partial charge >= 0.3 is 11.5 Å². The lowest BCUT2D eigenvalue weighted by Gasteiger charge is -2.17. The van der Waals surface area contributed by atoms with Crippen LogP contribution >= 0.6 is 0 Å². The fourth-order valence-electron chi connectivity index (χ4n) is 2.37. The highest BCUT2D eigenvalue weighted by atomic mass is 32.2. The first-order valence-corrected chi connectivity index (χ1v) is 9.34. The molecule has 2 aromatic carbocycles. The van der Waals surface area contributed by atoms with Gasteiger partial charge in [0.1, 0.15) is 17.6 Å². The van der Waals surface area contributed by atoms with E-state index >= 15 is 0 Å². The molecule has 0 fully saturated rings. The van der Waals surface area contributed by atoms with Crippen LogP contribution in [0.5, 0.6) is 11.5 Å². The number of benzene rings is 2. The topological polar surface area (TPSA) is 96.9 Å². The number of anilines is 1. The van der Waals surface area contributed by atoms with Crippen LogP contribution in [0.1, 0.15) is 11.7 Å². The van der Waals surface area contributed by atoms with Gasteiger partial charge in [-0.05, 0) is 42.5 Å². The van der Waals surface area contributed by atoms with E-state index in [0.717, 1.165) is 12.1 Å². The zero-order valence-corrected chi connectivity index (χ0v) is 16.3. The maximum absolute atomic E-state index is 12.4. The van der Waals surface area contributed by atoms with Crippen molar-refractivity contribution in [2.75, 3.05) is 26.1 Å². The van der Waals surface area contributed by atoms with Gasteiger partial charge in [-0.25, -0.2) is 9.00 Å². The number of hydrogen-bond donors (Lipinski definition) is 3. The average Bonchev–Trinajstić information content (AvgIpc) is 2.70. The van der Waals surface area contributed by atoms with Crippen LogP contribution in [0.15, 0.2) is 47.4 Å². The van der Waals surface area contributed by atoms with Crippen molar-refractivity contribution >= 4 is 22.5 Å². The molecule has 0 saturated carbocycles. The van der Waals surface area contributed by atoms with Crippen LogP contribution in [0.25, 0.3) is 0 Å². The molecule has 7 nitrogen and oxygen atoms in total. The summed E-state index contributed by atoms with van der Waals surface area (Å²) in [6.07, 6.45) is -1.10. The standard InChI is InChI=1S/C18H19F3N2O5S/c1-27-12-5-8-16(28-2)14(9-12)15(24)10-22-17(25)23-11-3-6-13(7-4-11)29(26)18(19,20)21/h3-9,15,24H,10H2,1-2H3,(H2,22,23,25)/t15-,29+/m1/s1. The van der Waals surface area contributed by atoms with Crippen molar-refractivity contribution in [3.8, 4) is 11.5 Å². The highest BCUT2D eigenvalue weighted by Gasteiger charge is 2.37. The molecule has 0 radical (unpaired) electrons. The predicted octanol–water partition coefficient (Wildman–Crippen LogP) is 3.19. The largest absolute Gasteiger partial charge is 0.497 e. The Labute approximate surface area is 167 Å². The van der Waals surface area contributed by atoms with Crippen LogP contribution in [-0.2, 0) is 10.8 Å². The van der Waals surface area contributed by atoms with Crippen molar-refractivity contribution in [3.05, 3.63) is 48.0 Å². The van der Waals surface area contributed by atoms with Crippen molar-refractivity contribution in [3.63, 3.8) is 0 Å². The average molecular weight is 432 g/mol. The Balaban J connectivity index is 1.95. The number of hydrogen-bond acceptors (Lipinski definition) is 5. The minimum Gasteiger partial charge on any atom is -0.497 e. The minimum absolute atomic E-state index is 0.161. The number of halogens is 3. The summed E-state index contributed by atoms with van der Waals surface area (Å²) < 4.78 is 58.9. The SMILES string of the molecule is COc1ccc(OC)c([C@H](O)CNC(=O)Nc2ccc([S@](=O)C(F)(F)F)cc2)c1. The lowest BCUT2D eigenvalue weighted by molar-refractivity contribution is -0.0384. The van der Waals surface area contributed by atoms with Crippen molar-refractivity contribution in [2.24, 2.45) is 0 Å². The number of nitrogens with one attached hydrogen (secondary N) is 2. The van der Waals surface area contributed by atoms with Crippen molar-refractivity contribution in [1.29, 1.82) is 0 Å². The molecule has 2 rings (SSSR count). The smallest absolute Gasteiger partial charge is 0.475 e. The first-order chi connectivity index (χ1) is 13.7. The summed E-state index contributed by atoms with van der Waals surface area (Å²) >= 11 is 0. The number of carbonyl (C=O) groups excluding carboxylic acids is 1. The van der Waals surface area contributed by atoms with Gasteiger partial charge in [0.2, 0.25) is 0 Å². The lowest BCUT2D eigenvalue weighted by atomic mass is 10.1. The van der Waals surface area contributed by atoms with Gasteiger partial charge in [-0.2, -0.15) is 13.2 Å². The maximum atomic E-state index is 12.4. The molecule has 158 valence electrons. The van der Waals surface area contributed by atoms with E-state index < -0.39 is 33.3 Å². The van der Waals surface area contributed by atoms with Crippen molar-refractivity contribution in [2.45, 2.75) is 16.5 Å². The van der Waals surface area contributed by atoms with Crippen LogP contribution in [-0.4, -0.2) is 41.6 Å². The number of aliphatic hydroxyl groups excluding tert-OH is 1. The first-order valence-electron chi connectivity index (χ1n) is 8.19. The van der Waals surface area contributed by atoms with E-state index in [4.69, 9.17) is 9.47 Å². The summed E-state index contributed by atoms with van der Waals surface area (Å²) in [5.74, 6) is 0.911. The quantitative estimate of drug-likeness (QED) is 0.625. The Morgan fingerprint density at radius 1 is 1.14 bits per heavy atom. The first kappa shape index (κ1) is 22.5. The molecule has 2 aromatic rings. The van der Waals surface area contributed by atoms with Crippen molar-refractivity contribution < 1.29 is 36.8 Å². The molecule has 0 spiro atoms. The van der Waals surface area contributed by atoms with Crippen LogP contribution in [0.2, 0.25) is 0 Å². The van der Waals surface area contributed by atoms with Crippen LogP contribution in [0, 0.1) is 0 Å². The number of methoxy groups -OCH3 is 2. The van der Waals surface area contributed by atoms with E-state index in [1.165, 1.54) is 26.4 Å². The maximum Gasteiger partial charge on any atom is 0.475 e. The van der Waals surface area contributed by atoms with Gasteiger partial charge in [-0.3, -0.25) is 0 Å². The second-order valence-electron chi connectivity index (χ2n) is 5.70. The molecule has 0 aliphatic heterocycles. The third kappa shape index (κ3) is 6.09. The van der Waals surface area contributed by atoms with Crippen molar-refractivity contribution in [1.82, 2.24) is 5.32 Å². The molecule has 0 unspecified atom stereocenters. The van der Waals surface area contributed by atoms with Gasteiger partial charge in [-0.1, -0.05) is 0 Å². The second-order valence-corrected chi connectivity index (χ2v) is 7.17. The molecule has 2 amide bonds. The Bertz CT molecular complexity index is 875. The predicted molar refractivity (Wildman–Crippen MR) is 100 cm³/mol. The summed E-state index contributed by atoms with van der Waals surface area (Å²) in [4.78, 5) is 11.5. The van der Waals surface area contributed by atoms with E-state index in [2.05, 4.69) is 10.6 Å². The molecule has 0 bridgehead atoms. The number of urea groups is 1. The molecule has 0 aliphatic rings. The van der Waals surface area contributed by atoms with E-state index in [1.54, 1.807) is 18.2 Å². The fourth-order valence-corrected chi connectivity index (χ4v) is 3.02.